The zero-order chi connectivity index (χ0) is 29.4. The molecular formula is C27H28N6O7. The third-order valence-electron chi connectivity index (χ3n) is 5.75. The van der Waals surface area contributed by atoms with Crippen molar-refractivity contribution in [2.24, 2.45) is 7.05 Å². The predicted octanol–water partition coefficient (Wildman–Crippen LogP) is 4.24. The Morgan fingerprint density at radius 2 is 1.95 bits per heavy atom. The number of carbonyl (C=O) groups excluding carboxylic acids is 1. The minimum Gasteiger partial charge on any atom is -0.465 e. The van der Waals surface area contributed by atoms with E-state index in [1.54, 1.807) is 6.07 Å². The number of esters is 1. The number of nitrogens with one attached hydrogen (secondary N) is 1. The van der Waals surface area contributed by atoms with E-state index >= 15 is 0 Å². The standard InChI is InChI=1S/C27H26N6O4.H2O3/c1-17-13-18(9-8-12-31(2)3)24(33(35)36)14-22(17)29-27-28-15-20(26(34)37-5)25(30-27)21-16-32(4)23-11-7-6-10-19(21)23;1-3-2/h6-7,10-11,13-16H,12H2,1-5H3,(H,28,29,30);1-2H. The maximum Gasteiger partial charge on any atom is 0.341 e. The maximum atomic E-state index is 12.5. The number of aromatic nitrogens is 3. The average Bonchev–Trinajstić information content (AvgIpc) is 3.26. The number of nitro groups is 1. The molecule has 4 aromatic rings. The molecule has 0 bridgehead atoms. The van der Waals surface area contributed by atoms with Gasteiger partial charge in [-0.1, -0.05) is 35.1 Å². The van der Waals surface area contributed by atoms with Crippen molar-refractivity contribution < 1.29 is 30.0 Å². The van der Waals surface area contributed by atoms with Crippen molar-refractivity contribution in [2.45, 2.75) is 6.92 Å². The Bertz CT molecular complexity index is 1600. The molecule has 2 aromatic heterocycles. The van der Waals surface area contributed by atoms with E-state index in [0.29, 0.717) is 23.5 Å². The van der Waals surface area contributed by atoms with Crippen LogP contribution in [-0.4, -0.2) is 68.6 Å². The number of nitro benzene ring substituents is 1. The fraction of sp³-hybridized carbons (Fsp3) is 0.222. The van der Waals surface area contributed by atoms with Crippen LogP contribution < -0.4 is 5.32 Å². The van der Waals surface area contributed by atoms with Crippen LogP contribution in [0.15, 0.2) is 48.8 Å². The van der Waals surface area contributed by atoms with Crippen LogP contribution in [0.1, 0.15) is 21.5 Å². The molecule has 2 heterocycles. The zero-order valence-corrected chi connectivity index (χ0v) is 22.5. The van der Waals surface area contributed by atoms with Crippen LogP contribution in [-0.2, 0) is 16.8 Å². The van der Waals surface area contributed by atoms with Crippen molar-refractivity contribution in [3.8, 4) is 23.1 Å². The summed E-state index contributed by atoms with van der Waals surface area (Å²) in [5.74, 6) is 5.44. The van der Waals surface area contributed by atoms with E-state index in [1.807, 2.05) is 68.0 Å². The Labute approximate surface area is 229 Å². The quantitative estimate of drug-likeness (QED) is 0.104. The molecule has 4 rings (SSSR count). The number of anilines is 2. The van der Waals surface area contributed by atoms with Crippen LogP contribution in [0, 0.1) is 28.9 Å². The van der Waals surface area contributed by atoms with Crippen LogP contribution in [0.4, 0.5) is 17.3 Å². The summed E-state index contributed by atoms with van der Waals surface area (Å²) < 4.78 is 6.91. The normalized spacial score (nSPS) is 10.4. The first kappa shape index (κ1) is 29.7. The molecule has 0 atom stereocenters. The van der Waals surface area contributed by atoms with E-state index in [2.05, 4.69) is 32.2 Å². The third-order valence-corrected chi connectivity index (χ3v) is 5.75. The number of para-hydroxylation sites is 1. The van der Waals surface area contributed by atoms with Crippen molar-refractivity contribution >= 4 is 34.2 Å². The van der Waals surface area contributed by atoms with E-state index in [4.69, 9.17) is 15.3 Å². The molecule has 0 amide bonds. The van der Waals surface area contributed by atoms with Gasteiger partial charge in [0.15, 0.2) is 0 Å². The topological polar surface area (TPSA) is 165 Å². The number of methoxy groups -OCH3 is 1. The van der Waals surface area contributed by atoms with Gasteiger partial charge < -0.3 is 14.6 Å². The van der Waals surface area contributed by atoms with Gasteiger partial charge in [-0.3, -0.25) is 15.0 Å². The minimum absolute atomic E-state index is 0.125. The molecule has 0 aliphatic heterocycles. The highest BCUT2D eigenvalue weighted by molar-refractivity contribution is 6.02. The average molecular weight is 549 g/mol. The molecule has 0 unspecified atom stereocenters. The second kappa shape index (κ2) is 13.3. The Kier molecular flexibility index (Phi) is 9.85. The van der Waals surface area contributed by atoms with E-state index in [1.165, 1.54) is 19.4 Å². The predicted molar refractivity (Wildman–Crippen MR) is 148 cm³/mol. The molecule has 13 nitrogen and oxygen atoms in total. The number of nitrogens with zero attached hydrogens (tertiary/aromatic N) is 5. The molecule has 0 radical (unpaired) electrons. The minimum atomic E-state index is -0.568. The Morgan fingerprint density at radius 3 is 2.60 bits per heavy atom. The summed E-state index contributed by atoms with van der Waals surface area (Å²) in [6.45, 7) is 2.30. The number of benzene rings is 2. The van der Waals surface area contributed by atoms with Crippen LogP contribution in [0.25, 0.3) is 22.2 Å². The molecule has 0 saturated heterocycles. The van der Waals surface area contributed by atoms with Gasteiger partial charge in [0, 0.05) is 42.0 Å². The second-order valence-corrected chi connectivity index (χ2v) is 8.81. The molecule has 40 heavy (non-hydrogen) atoms. The summed E-state index contributed by atoms with van der Waals surface area (Å²) in [6.07, 6.45) is 3.28. The SMILES string of the molecule is COC(=O)c1cnc(Nc2cc([N+](=O)[O-])c(C#CCN(C)C)cc2C)nc1-c1cn(C)c2ccccc12.OOO. The largest absolute Gasteiger partial charge is 0.465 e. The lowest BCUT2D eigenvalue weighted by atomic mass is 10.1. The molecule has 0 aliphatic rings. The van der Waals surface area contributed by atoms with Crippen molar-refractivity contribution in [1.29, 1.82) is 0 Å². The molecule has 0 spiro atoms. The van der Waals surface area contributed by atoms with Gasteiger partial charge >= 0.3 is 5.97 Å². The van der Waals surface area contributed by atoms with Gasteiger partial charge in [-0.05, 0) is 38.7 Å². The van der Waals surface area contributed by atoms with Gasteiger partial charge in [-0.25, -0.2) is 25.3 Å². The van der Waals surface area contributed by atoms with Gasteiger partial charge in [0.25, 0.3) is 5.69 Å². The first-order chi connectivity index (χ1) is 19.1. The van der Waals surface area contributed by atoms with Crippen molar-refractivity contribution in [1.82, 2.24) is 19.4 Å². The van der Waals surface area contributed by atoms with E-state index in [9.17, 15) is 14.9 Å². The summed E-state index contributed by atoms with van der Waals surface area (Å²) in [7, 11) is 6.96. The Balaban J connectivity index is 0.00000141. The molecule has 3 N–H and O–H groups in total. The number of ether oxygens (including phenoxy) is 1. The number of fused-ring (bicyclic) bond motifs is 1. The fourth-order valence-corrected chi connectivity index (χ4v) is 3.93. The van der Waals surface area contributed by atoms with Crippen molar-refractivity contribution in [2.75, 3.05) is 33.1 Å². The van der Waals surface area contributed by atoms with E-state index < -0.39 is 10.9 Å². The van der Waals surface area contributed by atoms with E-state index in [-0.39, 0.29) is 17.2 Å². The molecule has 208 valence electrons. The number of hydrogen-bond donors (Lipinski definition) is 3. The van der Waals surface area contributed by atoms with Crippen molar-refractivity contribution in [3.05, 3.63) is 75.6 Å². The van der Waals surface area contributed by atoms with Crippen LogP contribution in [0.5, 0.6) is 0 Å². The molecule has 2 aromatic carbocycles. The van der Waals surface area contributed by atoms with Gasteiger partial charge in [0.05, 0.1) is 30.0 Å². The maximum absolute atomic E-state index is 12.5. The van der Waals surface area contributed by atoms with Crippen molar-refractivity contribution in [3.63, 3.8) is 0 Å². The summed E-state index contributed by atoms with van der Waals surface area (Å²) in [5.41, 5.74) is 3.69. The van der Waals surface area contributed by atoms with E-state index in [0.717, 1.165) is 22.0 Å². The summed E-state index contributed by atoms with van der Waals surface area (Å²) >= 11 is 0. The number of carbonyl (C=O) groups is 1. The lowest BCUT2D eigenvalue weighted by Crippen LogP contribution is -2.11. The Morgan fingerprint density at radius 1 is 1.25 bits per heavy atom. The first-order valence-corrected chi connectivity index (χ1v) is 11.8. The summed E-state index contributed by atoms with van der Waals surface area (Å²) in [4.78, 5) is 34.6. The molecule has 0 aliphatic carbocycles. The third kappa shape index (κ3) is 6.76. The monoisotopic (exact) mass is 548 g/mol. The summed E-state index contributed by atoms with van der Waals surface area (Å²) in [6, 6.07) is 10.9. The second-order valence-electron chi connectivity index (χ2n) is 8.81. The van der Waals surface area contributed by atoms with Gasteiger partial charge in [-0.2, -0.15) is 0 Å². The highest BCUT2D eigenvalue weighted by atomic mass is 17.4. The van der Waals surface area contributed by atoms with Gasteiger partial charge in [0.2, 0.25) is 5.95 Å². The molecule has 13 heteroatoms. The Hall–Kier alpha value is -4.87. The van der Waals surface area contributed by atoms with Gasteiger partial charge in [-0.15, -0.1) is 0 Å². The molecule has 0 fully saturated rings. The number of aryl methyl sites for hydroxylation is 2. The fourth-order valence-electron chi connectivity index (χ4n) is 3.93. The highest BCUT2D eigenvalue weighted by Gasteiger charge is 2.21. The lowest BCUT2D eigenvalue weighted by Gasteiger charge is -2.12. The lowest BCUT2D eigenvalue weighted by molar-refractivity contribution is -0.465. The zero-order valence-electron chi connectivity index (χ0n) is 22.5. The van der Waals surface area contributed by atoms with Crippen LogP contribution in [0.3, 0.4) is 0 Å². The van der Waals surface area contributed by atoms with Crippen LogP contribution in [0.2, 0.25) is 0 Å². The highest BCUT2D eigenvalue weighted by Crippen LogP contribution is 2.33. The van der Waals surface area contributed by atoms with Crippen LogP contribution >= 0.6 is 0 Å². The number of hydrogen-bond acceptors (Lipinski definition) is 11. The van der Waals surface area contributed by atoms with Gasteiger partial charge in [0.1, 0.15) is 11.1 Å². The molecular weight excluding hydrogens is 520 g/mol. The molecule has 0 saturated carbocycles. The smallest absolute Gasteiger partial charge is 0.341 e. The number of rotatable bonds is 6. The first-order valence-electron chi connectivity index (χ1n) is 11.8. The summed E-state index contributed by atoms with van der Waals surface area (Å²) in [5, 5.41) is 31.3.